The van der Waals surface area contributed by atoms with Gasteiger partial charge in [0.25, 0.3) is 5.91 Å². The van der Waals surface area contributed by atoms with E-state index in [2.05, 4.69) is 11.4 Å². The number of nitrogens with zero attached hydrogens (tertiary/aromatic N) is 2. The molecular weight excluding hydrogens is 242 g/mol. The lowest BCUT2D eigenvalue weighted by Crippen LogP contribution is -2.63. The summed E-state index contributed by atoms with van der Waals surface area (Å²) in [5.74, 6) is -0.0658. The van der Waals surface area contributed by atoms with Crippen LogP contribution < -0.4 is 15.1 Å². The van der Waals surface area contributed by atoms with Crippen LogP contribution in [0.25, 0.3) is 0 Å². The van der Waals surface area contributed by atoms with Gasteiger partial charge in [-0.3, -0.25) is 14.5 Å². The van der Waals surface area contributed by atoms with Gasteiger partial charge in [-0.1, -0.05) is 6.07 Å². The Kier molecular flexibility index (Phi) is 2.60. The summed E-state index contributed by atoms with van der Waals surface area (Å²) >= 11 is 0. The highest BCUT2D eigenvalue weighted by molar-refractivity contribution is 6.14. The lowest BCUT2D eigenvalue weighted by molar-refractivity contribution is -0.126. The molecule has 19 heavy (non-hydrogen) atoms. The van der Waals surface area contributed by atoms with Crippen LogP contribution in [0, 0.1) is 13.8 Å². The third kappa shape index (κ3) is 1.65. The fraction of sp³-hybridized carbons (Fsp3) is 0.429. The van der Waals surface area contributed by atoms with Crippen molar-refractivity contribution in [2.45, 2.75) is 19.9 Å². The average Bonchev–Trinajstić information content (AvgIpc) is 2.36. The van der Waals surface area contributed by atoms with Crippen molar-refractivity contribution in [2.24, 2.45) is 0 Å². The van der Waals surface area contributed by atoms with Crippen molar-refractivity contribution in [1.29, 1.82) is 0 Å². The number of benzene rings is 1. The molecule has 1 aromatic rings. The molecule has 0 bridgehead atoms. The second-order valence-corrected chi connectivity index (χ2v) is 5.26. The van der Waals surface area contributed by atoms with Crippen LogP contribution in [0.15, 0.2) is 12.1 Å². The first-order valence-corrected chi connectivity index (χ1v) is 6.42. The second-order valence-electron chi connectivity index (χ2n) is 5.26. The Bertz CT molecular complexity index is 582. The molecule has 1 fully saturated rings. The van der Waals surface area contributed by atoms with E-state index in [0.717, 1.165) is 22.5 Å². The molecule has 2 heterocycles. The smallest absolute Gasteiger partial charge is 0.251 e. The molecule has 2 amide bonds. The number of amides is 2. The fourth-order valence-corrected chi connectivity index (χ4v) is 2.99. The zero-order chi connectivity index (χ0) is 13.7. The van der Waals surface area contributed by atoms with Crippen LogP contribution in [0.2, 0.25) is 0 Å². The number of anilines is 2. The largest absolute Gasteiger partial charge is 0.312 e. The summed E-state index contributed by atoms with van der Waals surface area (Å²) in [7, 11) is 1.77. The number of fused-ring (bicyclic) bond motifs is 3. The summed E-state index contributed by atoms with van der Waals surface area (Å²) in [5, 5.41) is 3.01. The van der Waals surface area contributed by atoms with E-state index in [1.54, 1.807) is 16.8 Å². The molecule has 2 aliphatic rings. The van der Waals surface area contributed by atoms with Gasteiger partial charge in [0.2, 0.25) is 5.91 Å². The van der Waals surface area contributed by atoms with E-state index in [0.29, 0.717) is 13.1 Å². The molecule has 1 N–H and O–H groups in total. The third-order valence-electron chi connectivity index (χ3n) is 3.84. The van der Waals surface area contributed by atoms with Crippen LogP contribution in [-0.4, -0.2) is 38.0 Å². The van der Waals surface area contributed by atoms with Crippen molar-refractivity contribution in [2.75, 3.05) is 29.9 Å². The molecule has 0 saturated carbocycles. The molecule has 1 atom stereocenters. The molecule has 1 saturated heterocycles. The maximum absolute atomic E-state index is 12.4. The standard InChI is InChI=1S/C14H17N3O2/c1-8-4-9(2)13-10(5-8)16(3)14(19)11-6-15-7-12(18)17(11)13/h4-5,11,15H,6-7H2,1-3H3. The van der Waals surface area contributed by atoms with Gasteiger partial charge >= 0.3 is 0 Å². The van der Waals surface area contributed by atoms with E-state index < -0.39 is 6.04 Å². The maximum Gasteiger partial charge on any atom is 0.251 e. The number of rotatable bonds is 0. The van der Waals surface area contributed by atoms with Gasteiger partial charge in [-0.15, -0.1) is 0 Å². The van der Waals surface area contributed by atoms with Crippen molar-refractivity contribution < 1.29 is 9.59 Å². The summed E-state index contributed by atoms with van der Waals surface area (Å²) < 4.78 is 0. The molecule has 5 nitrogen and oxygen atoms in total. The highest BCUT2D eigenvalue weighted by atomic mass is 16.2. The third-order valence-corrected chi connectivity index (χ3v) is 3.84. The van der Waals surface area contributed by atoms with E-state index in [1.165, 1.54) is 0 Å². The first kappa shape index (κ1) is 12.2. The number of carbonyl (C=O) groups excluding carboxylic acids is 2. The van der Waals surface area contributed by atoms with Crippen LogP contribution in [0.3, 0.4) is 0 Å². The van der Waals surface area contributed by atoms with Gasteiger partial charge in [-0.25, -0.2) is 0 Å². The molecule has 2 aliphatic heterocycles. The number of piperazine rings is 1. The first-order chi connectivity index (χ1) is 9.00. The molecule has 5 heteroatoms. The zero-order valence-corrected chi connectivity index (χ0v) is 11.4. The topological polar surface area (TPSA) is 52.7 Å². The predicted octanol–water partition coefficient (Wildman–Crippen LogP) is 0.585. The monoisotopic (exact) mass is 259 g/mol. The lowest BCUT2D eigenvalue weighted by atomic mass is 9.99. The number of aryl methyl sites for hydroxylation is 2. The summed E-state index contributed by atoms with van der Waals surface area (Å²) in [6.45, 7) is 4.79. The summed E-state index contributed by atoms with van der Waals surface area (Å²) in [6, 6.07) is 3.60. The van der Waals surface area contributed by atoms with Gasteiger partial charge in [0.05, 0.1) is 17.9 Å². The van der Waals surface area contributed by atoms with E-state index >= 15 is 0 Å². The summed E-state index contributed by atoms with van der Waals surface area (Å²) in [6.07, 6.45) is 0. The van der Waals surface area contributed by atoms with Crippen LogP contribution in [0.4, 0.5) is 11.4 Å². The molecule has 1 aromatic carbocycles. The number of hydrogen-bond donors (Lipinski definition) is 1. The number of nitrogens with one attached hydrogen (secondary N) is 1. The van der Waals surface area contributed by atoms with Gasteiger partial charge in [0.1, 0.15) is 6.04 Å². The van der Waals surface area contributed by atoms with Crippen LogP contribution in [-0.2, 0) is 9.59 Å². The van der Waals surface area contributed by atoms with Crippen molar-refractivity contribution in [3.63, 3.8) is 0 Å². The normalized spacial score (nSPS) is 22.4. The molecule has 1 unspecified atom stereocenters. The minimum absolute atomic E-state index is 0.0296. The van der Waals surface area contributed by atoms with Crippen molar-refractivity contribution in [1.82, 2.24) is 5.32 Å². The van der Waals surface area contributed by atoms with E-state index in [4.69, 9.17) is 0 Å². The zero-order valence-electron chi connectivity index (χ0n) is 11.4. The average molecular weight is 259 g/mol. The Morgan fingerprint density at radius 1 is 1.26 bits per heavy atom. The SMILES string of the molecule is Cc1cc(C)c2c(c1)N(C)C(=O)C1CNCC(=O)N21. The van der Waals surface area contributed by atoms with Crippen LogP contribution >= 0.6 is 0 Å². The van der Waals surface area contributed by atoms with Gasteiger partial charge in [0, 0.05) is 13.6 Å². The van der Waals surface area contributed by atoms with Gasteiger partial charge < -0.3 is 10.2 Å². The van der Waals surface area contributed by atoms with Crippen molar-refractivity contribution in [3.8, 4) is 0 Å². The quantitative estimate of drug-likeness (QED) is 0.741. The van der Waals surface area contributed by atoms with E-state index in [-0.39, 0.29) is 11.8 Å². The minimum Gasteiger partial charge on any atom is -0.312 e. The Morgan fingerprint density at radius 3 is 2.74 bits per heavy atom. The highest BCUT2D eigenvalue weighted by Crippen LogP contribution is 2.39. The highest BCUT2D eigenvalue weighted by Gasteiger charge is 2.42. The summed E-state index contributed by atoms with van der Waals surface area (Å²) in [4.78, 5) is 27.9. The Labute approximate surface area is 112 Å². The number of likely N-dealkylation sites (N-methyl/N-ethyl adjacent to an activating group) is 1. The van der Waals surface area contributed by atoms with Gasteiger partial charge in [-0.05, 0) is 31.0 Å². The van der Waals surface area contributed by atoms with Crippen LogP contribution in [0.5, 0.6) is 0 Å². The molecule has 100 valence electrons. The molecule has 3 rings (SSSR count). The minimum atomic E-state index is -0.417. The second kappa shape index (κ2) is 4.06. The molecule has 0 aromatic heterocycles. The van der Waals surface area contributed by atoms with E-state index in [9.17, 15) is 9.59 Å². The first-order valence-electron chi connectivity index (χ1n) is 6.42. The van der Waals surface area contributed by atoms with Crippen molar-refractivity contribution in [3.05, 3.63) is 23.3 Å². The molecule has 0 radical (unpaired) electrons. The molecule has 0 aliphatic carbocycles. The Hall–Kier alpha value is -1.88. The number of carbonyl (C=O) groups is 2. The Morgan fingerprint density at radius 2 is 2.00 bits per heavy atom. The predicted molar refractivity (Wildman–Crippen MR) is 73.5 cm³/mol. The van der Waals surface area contributed by atoms with Crippen LogP contribution in [0.1, 0.15) is 11.1 Å². The van der Waals surface area contributed by atoms with E-state index in [1.807, 2.05) is 19.9 Å². The number of hydrogen-bond acceptors (Lipinski definition) is 3. The van der Waals surface area contributed by atoms with Gasteiger partial charge in [0.15, 0.2) is 0 Å². The van der Waals surface area contributed by atoms with Crippen molar-refractivity contribution >= 4 is 23.2 Å². The fourth-order valence-electron chi connectivity index (χ4n) is 2.99. The lowest BCUT2D eigenvalue weighted by Gasteiger charge is -2.43. The molecule has 0 spiro atoms. The summed E-state index contributed by atoms with van der Waals surface area (Å²) in [5.41, 5.74) is 3.84. The molecular formula is C14H17N3O2. The Balaban J connectivity index is 2.24. The van der Waals surface area contributed by atoms with Gasteiger partial charge in [-0.2, -0.15) is 0 Å². The maximum atomic E-state index is 12.4.